The minimum atomic E-state index is -3.78. The maximum Gasteiger partial charge on any atom is 0.309 e. The van der Waals surface area contributed by atoms with Crippen LogP contribution in [0.2, 0.25) is 0 Å². The Kier molecular flexibility index (Phi) is 7.27. The molecule has 0 unspecified atom stereocenters. The average molecular weight is 478 g/mol. The van der Waals surface area contributed by atoms with E-state index < -0.39 is 10.0 Å². The lowest BCUT2D eigenvalue weighted by atomic mass is 9.96. The summed E-state index contributed by atoms with van der Waals surface area (Å²) in [6.45, 7) is 1.29. The minimum absolute atomic E-state index is 0.158. The first-order valence-corrected chi connectivity index (χ1v) is 12.6. The number of rotatable bonds is 7. The molecule has 8 heteroatoms. The zero-order valence-corrected chi connectivity index (χ0v) is 19.5. The van der Waals surface area contributed by atoms with Gasteiger partial charge in [0, 0.05) is 18.7 Å². The molecule has 0 saturated carbocycles. The van der Waals surface area contributed by atoms with Crippen LogP contribution in [0.3, 0.4) is 0 Å². The molecular formula is C26H27N3O4S. The maximum absolute atomic E-state index is 12.8. The molecule has 0 amide bonds. The van der Waals surface area contributed by atoms with Gasteiger partial charge in [-0.15, -0.1) is 0 Å². The van der Waals surface area contributed by atoms with Crippen LogP contribution in [-0.2, 0) is 26.2 Å². The highest BCUT2D eigenvalue weighted by Crippen LogP contribution is 2.25. The first-order chi connectivity index (χ1) is 16.4. The normalized spacial score (nSPS) is 14.4. The van der Waals surface area contributed by atoms with E-state index >= 15 is 0 Å². The number of carbonyl (C=O) groups excluding carboxylic acids is 1. The molecule has 7 nitrogen and oxygen atoms in total. The van der Waals surface area contributed by atoms with Crippen LogP contribution in [0, 0.1) is 11.3 Å². The third kappa shape index (κ3) is 5.63. The summed E-state index contributed by atoms with van der Waals surface area (Å²) >= 11 is 0. The number of anilines is 1. The van der Waals surface area contributed by atoms with Gasteiger partial charge in [0.25, 0.3) is 10.0 Å². The Morgan fingerprint density at radius 1 is 0.912 bits per heavy atom. The highest BCUT2D eigenvalue weighted by atomic mass is 32.2. The predicted molar refractivity (Wildman–Crippen MR) is 131 cm³/mol. The number of piperidine rings is 1. The molecule has 1 aliphatic heterocycles. The van der Waals surface area contributed by atoms with Crippen LogP contribution in [0.5, 0.6) is 0 Å². The summed E-state index contributed by atoms with van der Waals surface area (Å²) in [6, 6.07) is 24.6. The summed E-state index contributed by atoms with van der Waals surface area (Å²) < 4.78 is 33.7. The van der Waals surface area contributed by atoms with E-state index in [0.29, 0.717) is 37.2 Å². The molecule has 3 aromatic rings. The first kappa shape index (κ1) is 23.5. The first-order valence-electron chi connectivity index (χ1n) is 11.2. The fraction of sp³-hybridized carbons (Fsp3) is 0.231. The Balaban J connectivity index is 1.38. The van der Waals surface area contributed by atoms with Crippen LogP contribution in [0.1, 0.15) is 24.0 Å². The van der Waals surface area contributed by atoms with Crippen molar-refractivity contribution in [1.82, 2.24) is 4.90 Å². The molecule has 0 atom stereocenters. The molecule has 1 aliphatic rings. The lowest BCUT2D eigenvalue weighted by Gasteiger charge is -2.33. The van der Waals surface area contributed by atoms with E-state index in [-0.39, 0.29) is 29.2 Å². The number of nitrogens with one attached hydrogen (secondary N) is 2. The Bertz CT molecular complexity index is 1240. The van der Waals surface area contributed by atoms with E-state index in [2.05, 4.69) is 4.72 Å². The van der Waals surface area contributed by atoms with Crippen LogP contribution in [0.25, 0.3) is 0 Å². The fourth-order valence-corrected chi connectivity index (χ4v) is 5.04. The number of hydrogen-bond acceptors (Lipinski definition) is 5. The molecule has 4 rings (SSSR count). The summed E-state index contributed by atoms with van der Waals surface area (Å²) in [6.07, 6.45) is 1.15. The molecule has 0 bridgehead atoms. The highest BCUT2D eigenvalue weighted by molar-refractivity contribution is 7.92. The van der Waals surface area contributed by atoms with Crippen molar-refractivity contribution in [2.75, 3.05) is 17.8 Å². The van der Waals surface area contributed by atoms with Gasteiger partial charge in [0.15, 0.2) is 0 Å². The molecular weight excluding hydrogens is 450 g/mol. The van der Waals surface area contributed by atoms with Gasteiger partial charge in [0.05, 0.1) is 16.5 Å². The summed E-state index contributed by atoms with van der Waals surface area (Å²) in [5.74, 6) is -0.201. The van der Waals surface area contributed by atoms with Crippen molar-refractivity contribution >= 4 is 27.5 Å². The zero-order chi connectivity index (χ0) is 24.0. The van der Waals surface area contributed by atoms with E-state index in [1.165, 1.54) is 12.1 Å². The standard InChI is InChI=1S/C26H27N3O4S/c27-25(23-13-7-8-14-24(23)28-34(31,32)22-11-5-2-6-12-22)29-17-15-21(16-18-29)26(30)33-19-20-9-3-1-4-10-20/h1-14,21,27-28H,15-19H2. The molecule has 3 aromatic carbocycles. The summed E-state index contributed by atoms with van der Waals surface area (Å²) in [4.78, 5) is 14.5. The predicted octanol–water partition coefficient (Wildman–Crippen LogP) is 4.27. The van der Waals surface area contributed by atoms with Crippen LogP contribution < -0.4 is 4.72 Å². The van der Waals surface area contributed by atoms with Crippen molar-refractivity contribution in [2.45, 2.75) is 24.3 Å². The summed E-state index contributed by atoms with van der Waals surface area (Å²) in [7, 11) is -3.78. The van der Waals surface area contributed by atoms with Gasteiger partial charge in [-0.1, -0.05) is 60.7 Å². The molecule has 34 heavy (non-hydrogen) atoms. The molecule has 1 saturated heterocycles. The second kappa shape index (κ2) is 10.5. The molecule has 2 N–H and O–H groups in total. The number of benzene rings is 3. The lowest BCUT2D eigenvalue weighted by Crippen LogP contribution is -2.41. The maximum atomic E-state index is 12.8. The van der Waals surface area contributed by atoms with Crippen molar-refractivity contribution in [3.63, 3.8) is 0 Å². The van der Waals surface area contributed by atoms with Gasteiger partial charge in [-0.3, -0.25) is 14.9 Å². The average Bonchev–Trinajstić information content (AvgIpc) is 2.88. The Labute approximate surface area is 199 Å². The van der Waals surface area contributed by atoms with E-state index in [9.17, 15) is 13.2 Å². The summed E-state index contributed by atoms with van der Waals surface area (Å²) in [5.41, 5.74) is 1.79. The van der Waals surface area contributed by atoms with Gasteiger partial charge in [0.1, 0.15) is 12.4 Å². The van der Waals surface area contributed by atoms with Crippen molar-refractivity contribution in [3.8, 4) is 0 Å². The Morgan fingerprint density at radius 3 is 2.18 bits per heavy atom. The van der Waals surface area contributed by atoms with Gasteiger partial charge >= 0.3 is 5.97 Å². The highest BCUT2D eigenvalue weighted by Gasteiger charge is 2.28. The number of amidine groups is 1. The number of esters is 1. The van der Waals surface area contributed by atoms with Gasteiger partial charge in [0.2, 0.25) is 0 Å². The number of nitrogens with zero attached hydrogens (tertiary/aromatic N) is 1. The third-order valence-electron chi connectivity index (χ3n) is 5.85. The van der Waals surface area contributed by atoms with Crippen molar-refractivity contribution < 1.29 is 17.9 Å². The van der Waals surface area contributed by atoms with Gasteiger partial charge in [-0.25, -0.2) is 8.42 Å². The van der Waals surface area contributed by atoms with Gasteiger partial charge in [-0.05, 0) is 42.7 Å². The number of likely N-dealkylation sites (tertiary alicyclic amines) is 1. The van der Waals surface area contributed by atoms with Crippen LogP contribution in [-0.4, -0.2) is 38.2 Å². The van der Waals surface area contributed by atoms with Gasteiger partial charge < -0.3 is 9.64 Å². The monoisotopic (exact) mass is 477 g/mol. The fourth-order valence-electron chi connectivity index (χ4n) is 3.94. The van der Waals surface area contributed by atoms with Crippen molar-refractivity contribution in [1.29, 1.82) is 5.41 Å². The second-order valence-electron chi connectivity index (χ2n) is 8.17. The zero-order valence-electron chi connectivity index (χ0n) is 18.7. The third-order valence-corrected chi connectivity index (χ3v) is 7.23. The Hall–Kier alpha value is -3.65. The topological polar surface area (TPSA) is 99.6 Å². The minimum Gasteiger partial charge on any atom is -0.461 e. The van der Waals surface area contributed by atoms with E-state index in [1.54, 1.807) is 42.5 Å². The summed E-state index contributed by atoms with van der Waals surface area (Å²) in [5, 5.41) is 8.72. The van der Waals surface area contributed by atoms with Crippen LogP contribution >= 0.6 is 0 Å². The number of carbonyl (C=O) groups is 1. The lowest BCUT2D eigenvalue weighted by molar-refractivity contribution is -0.151. The number of para-hydroxylation sites is 1. The van der Waals surface area contributed by atoms with Gasteiger partial charge in [-0.2, -0.15) is 0 Å². The Morgan fingerprint density at radius 2 is 1.50 bits per heavy atom. The molecule has 1 heterocycles. The molecule has 176 valence electrons. The molecule has 0 aromatic heterocycles. The quantitative estimate of drug-likeness (QED) is 0.301. The largest absolute Gasteiger partial charge is 0.461 e. The number of sulfonamides is 1. The van der Waals surface area contributed by atoms with E-state index in [4.69, 9.17) is 10.1 Å². The number of hydrogen-bond donors (Lipinski definition) is 2. The SMILES string of the molecule is N=C(c1ccccc1NS(=O)(=O)c1ccccc1)N1CCC(C(=O)OCc2ccccc2)CC1. The van der Waals surface area contributed by atoms with E-state index in [0.717, 1.165) is 5.56 Å². The van der Waals surface area contributed by atoms with Crippen LogP contribution in [0.4, 0.5) is 5.69 Å². The van der Waals surface area contributed by atoms with Crippen molar-refractivity contribution in [2.24, 2.45) is 5.92 Å². The van der Waals surface area contributed by atoms with Crippen molar-refractivity contribution in [3.05, 3.63) is 96.1 Å². The molecule has 0 radical (unpaired) electrons. The smallest absolute Gasteiger partial charge is 0.309 e. The molecule has 0 spiro atoms. The van der Waals surface area contributed by atoms with E-state index in [1.807, 2.05) is 35.2 Å². The van der Waals surface area contributed by atoms with Crippen LogP contribution in [0.15, 0.2) is 89.8 Å². The molecule has 0 aliphatic carbocycles. The second-order valence-corrected chi connectivity index (χ2v) is 9.85. The molecule has 1 fully saturated rings. The number of ether oxygens (including phenoxy) is 1.